The molecule has 1 unspecified atom stereocenters. The predicted octanol–water partition coefficient (Wildman–Crippen LogP) is 2.67. The average Bonchev–Trinajstić information content (AvgIpc) is 2.61. The maximum Gasteiger partial charge on any atom is 0.329 e. The molecule has 2 amide bonds. The summed E-state index contributed by atoms with van der Waals surface area (Å²) >= 11 is 0. The summed E-state index contributed by atoms with van der Waals surface area (Å²) in [6.45, 7) is 4.28. The van der Waals surface area contributed by atoms with Crippen molar-refractivity contribution < 1.29 is 19.4 Å². The molecule has 6 heteroatoms. The van der Waals surface area contributed by atoms with Gasteiger partial charge >= 0.3 is 12.0 Å². The fourth-order valence-electron chi connectivity index (χ4n) is 2.45. The average molecular weight is 356 g/mol. The molecule has 0 fully saturated rings. The topological polar surface area (TPSA) is 87.7 Å². The van der Waals surface area contributed by atoms with E-state index in [1.54, 1.807) is 31.2 Å². The molecule has 0 heterocycles. The van der Waals surface area contributed by atoms with Gasteiger partial charge in [-0.25, -0.2) is 9.59 Å². The van der Waals surface area contributed by atoms with Gasteiger partial charge in [0.2, 0.25) is 0 Å². The van der Waals surface area contributed by atoms with Crippen molar-refractivity contribution in [2.75, 3.05) is 6.61 Å². The van der Waals surface area contributed by atoms with Gasteiger partial charge in [0, 0.05) is 13.0 Å². The molecule has 6 nitrogen and oxygen atoms in total. The third-order valence-corrected chi connectivity index (χ3v) is 3.80. The number of amides is 2. The Balaban J connectivity index is 1.97. The van der Waals surface area contributed by atoms with Crippen molar-refractivity contribution in [1.29, 1.82) is 0 Å². The summed E-state index contributed by atoms with van der Waals surface area (Å²) < 4.78 is 5.04. The molecule has 0 aliphatic rings. The van der Waals surface area contributed by atoms with Crippen LogP contribution < -0.4 is 10.6 Å². The van der Waals surface area contributed by atoms with Crippen molar-refractivity contribution in [1.82, 2.24) is 10.6 Å². The number of phenols is 1. The zero-order valence-electron chi connectivity index (χ0n) is 15.0. The highest BCUT2D eigenvalue weighted by atomic mass is 16.5. The monoisotopic (exact) mass is 356 g/mol. The quantitative estimate of drug-likeness (QED) is 0.666. The van der Waals surface area contributed by atoms with Gasteiger partial charge in [0.05, 0.1) is 6.61 Å². The lowest BCUT2D eigenvalue weighted by Crippen LogP contribution is -2.47. The van der Waals surface area contributed by atoms with E-state index in [2.05, 4.69) is 10.6 Å². The minimum Gasteiger partial charge on any atom is -0.508 e. The standard InChI is InChI=1S/C20H24N2O4/c1-3-26-19(24)18(12-16-5-4-6-17(23)11-16)22-20(25)21-13-15-9-7-14(2)8-10-15/h4-11,18,23H,3,12-13H2,1-2H3,(H2,21,22,25). The van der Waals surface area contributed by atoms with Crippen LogP contribution in [-0.2, 0) is 22.5 Å². The van der Waals surface area contributed by atoms with Crippen LogP contribution in [0.5, 0.6) is 5.75 Å². The summed E-state index contributed by atoms with van der Waals surface area (Å²) in [6.07, 6.45) is 0.227. The van der Waals surface area contributed by atoms with Gasteiger partial charge in [-0.15, -0.1) is 0 Å². The van der Waals surface area contributed by atoms with Gasteiger partial charge in [0.1, 0.15) is 11.8 Å². The van der Waals surface area contributed by atoms with Crippen molar-refractivity contribution in [3.63, 3.8) is 0 Å². The van der Waals surface area contributed by atoms with E-state index < -0.39 is 18.0 Å². The number of phenolic OH excluding ortho intramolecular Hbond substituents is 1. The zero-order chi connectivity index (χ0) is 18.9. The Kier molecular flexibility index (Phi) is 7.02. The van der Waals surface area contributed by atoms with Gasteiger partial charge in [0.15, 0.2) is 0 Å². The molecule has 0 bridgehead atoms. The van der Waals surface area contributed by atoms with E-state index in [0.29, 0.717) is 6.54 Å². The highest BCUT2D eigenvalue weighted by molar-refractivity contribution is 5.83. The lowest BCUT2D eigenvalue weighted by molar-refractivity contribution is -0.145. The highest BCUT2D eigenvalue weighted by Crippen LogP contribution is 2.13. The molecular formula is C20H24N2O4. The predicted molar refractivity (Wildman–Crippen MR) is 98.8 cm³/mol. The SMILES string of the molecule is CCOC(=O)C(Cc1cccc(O)c1)NC(=O)NCc1ccc(C)cc1. The van der Waals surface area contributed by atoms with Crippen molar-refractivity contribution >= 4 is 12.0 Å². The fraction of sp³-hybridized carbons (Fsp3) is 0.300. The molecule has 0 aromatic heterocycles. The first-order chi connectivity index (χ1) is 12.5. The second-order valence-electron chi connectivity index (χ2n) is 5.99. The molecule has 2 rings (SSSR count). The Morgan fingerprint density at radius 3 is 2.50 bits per heavy atom. The number of ether oxygens (including phenoxy) is 1. The first-order valence-electron chi connectivity index (χ1n) is 8.52. The van der Waals surface area contributed by atoms with Gasteiger partial charge in [-0.05, 0) is 37.1 Å². The number of rotatable bonds is 7. The molecule has 138 valence electrons. The molecule has 26 heavy (non-hydrogen) atoms. The molecule has 0 saturated heterocycles. The molecular weight excluding hydrogens is 332 g/mol. The van der Waals surface area contributed by atoms with E-state index in [1.165, 1.54) is 0 Å². The Labute approximate surface area is 153 Å². The number of hydrogen-bond acceptors (Lipinski definition) is 4. The number of urea groups is 1. The normalized spacial score (nSPS) is 11.5. The van der Waals surface area contributed by atoms with Crippen molar-refractivity contribution in [3.05, 3.63) is 65.2 Å². The largest absolute Gasteiger partial charge is 0.508 e. The van der Waals surface area contributed by atoms with Crippen LogP contribution in [-0.4, -0.2) is 29.8 Å². The van der Waals surface area contributed by atoms with Gasteiger partial charge in [-0.3, -0.25) is 0 Å². The lowest BCUT2D eigenvalue weighted by Gasteiger charge is -2.18. The van der Waals surface area contributed by atoms with Crippen LogP contribution >= 0.6 is 0 Å². The number of benzene rings is 2. The first kappa shape index (κ1) is 19.3. The second-order valence-corrected chi connectivity index (χ2v) is 5.99. The Hall–Kier alpha value is -3.02. The van der Waals surface area contributed by atoms with E-state index in [1.807, 2.05) is 31.2 Å². The lowest BCUT2D eigenvalue weighted by atomic mass is 10.1. The molecule has 2 aromatic rings. The van der Waals surface area contributed by atoms with Crippen molar-refractivity contribution in [2.24, 2.45) is 0 Å². The van der Waals surface area contributed by atoms with Crippen LogP contribution in [0.4, 0.5) is 4.79 Å². The Morgan fingerprint density at radius 2 is 1.85 bits per heavy atom. The van der Waals surface area contributed by atoms with Gasteiger partial charge in [0.25, 0.3) is 0 Å². The summed E-state index contributed by atoms with van der Waals surface area (Å²) in [5.41, 5.74) is 2.83. The highest BCUT2D eigenvalue weighted by Gasteiger charge is 2.22. The summed E-state index contributed by atoms with van der Waals surface area (Å²) in [5, 5.41) is 14.9. The van der Waals surface area contributed by atoms with Crippen molar-refractivity contribution in [2.45, 2.75) is 32.9 Å². The van der Waals surface area contributed by atoms with Crippen LogP contribution in [0.25, 0.3) is 0 Å². The van der Waals surface area contributed by atoms with Gasteiger partial charge in [-0.1, -0.05) is 42.0 Å². The third-order valence-electron chi connectivity index (χ3n) is 3.80. The molecule has 0 spiro atoms. The van der Waals surface area contributed by atoms with Gasteiger partial charge < -0.3 is 20.5 Å². The maximum absolute atomic E-state index is 12.2. The summed E-state index contributed by atoms with van der Waals surface area (Å²) in [7, 11) is 0. The Bertz CT molecular complexity index is 744. The van der Waals surface area contributed by atoms with Crippen LogP contribution in [0.2, 0.25) is 0 Å². The fourth-order valence-corrected chi connectivity index (χ4v) is 2.45. The summed E-state index contributed by atoms with van der Waals surface area (Å²) in [5.74, 6) is -0.407. The third kappa shape index (κ3) is 6.12. The van der Waals surface area contributed by atoms with Crippen LogP contribution in [0.3, 0.4) is 0 Å². The minimum atomic E-state index is -0.838. The number of aryl methyl sites for hydroxylation is 1. The maximum atomic E-state index is 12.2. The van der Waals surface area contributed by atoms with Crippen molar-refractivity contribution in [3.8, 4) is 5.75 Å². The van der Waals surface area contributed by atoms with E-state index in [4.69, 9.17) is 4.74 Å². The van der Waals surface area contributed by atoms with Crippen LogP contribution in [0.1, 0.15) is 23.6 Å². The molecule has 0 aliphatic heterocycles. The first-order valence-corrected chi connectivity index (χ1v) is 8.52. The van der Waals surface area contributed by atoms with E-state index in [0.717, 1.165) is 16.7 Å². The molecule has 2 aromatic carbocycles. The van der Waals surface area contributed by atoms with E-state index in [9.17, 15) is 14.7 Å². The summed E-state index contributed by atoms with van der Waals surface area (Å²) in [4.78, 5) is 24.3. The number of esters is 1. The molecule has 0 radical (unpaired) electrons. The molecule has 0 saturated carbocycles. The van der Waals surface area contributed by atoms with E-state index in [-0.39, 0.29) is 18.8 Å². The van der Waals surface area contributed by atoms with E-state index >= 15 is 0 Å². The Morgan fingerprint density at radius 1 is 1.12 bits per heavy atom. The smallest absolute Gasteiger partial charge is 0.329 e. The minimum absolute atomic E-state index is 0.105. The number of hydrogen-bond donors (Lipinski definition) is 3. The molecule has 3 N–H and O–H groups in total. The number of carbonyl (C=O) groups is 2. The van der Waals surface area contributed by atoms with Crippen LogP contribution in [0.15, 0.2) is 48.5 Å². The number of carbonyl (C=O) groups excluding carboxylic acids is 2. The zero-order valence-corrected chi connectivity index (χ0v) is 15.0. The number of nitrogens with one attached hydrogen (secondary N) is 2. The summed E-state index contributed by atoms with van der Waals surface area (Å²) in [6, 6.07) is 13.1. The molecule has 1 atom stereocenters. The van der Waals surface area contributed by atoms with Crippen LogP contribution in [0, 0.1) is 6.92 Å². The number of aromatic hydroxyl groups is 1. The van der Waals surface area contributed by atoms with Gasteiger partial charge in [-0.2, -0.15) is 0 Å². The second kappa shape index (κ2) is 9.46. The molecule has 0 aliphatic carbocycles.